The number of nitrogens with one attached hydrogen (secondary N) is 1. The molecule has 1 saturated carbocycles. The van der Waals surface area contributed by atoms with Gasteiger partial charge < -0.3 is 19.6 Å². The number of hydrogen-bond donors (Lipinski definition) is 2. The number of aliphatic hydroxyl groups is 1. The summed E-state index contributed by atoms with van der Waals surface area (Å²) in [4.78, 5) is 30.6. The summed E-state index contributed by atoms with van der Waals surface area (Å²) in [7, 11) is -0.560. The van der Waals surface area contributed by atoms with Gasteiger partial charge in [0.05, 0.1) is 22.5 Å². The second-order valence-corrected chi connectivity index (χ2v) is 16.7. The molecule has 2 bridgehead atoms. The smallest absolute Gasteiger partial charge is 0.264 e. The van der Waals surface area contributed by atoms with Crippen LogP contribution in [0.3, 0.4) is 0 Å². The normalized spacial score (nSPS) is 29.0. The van der Waals surface area contributed by atoms with Gasteiger partial charge in [-0.1, -0.05) is 37.9 Å². The van der Waals surface area contributed by atoms with Crippen molar-refractivity contribution in [3.8, 4) is 5.75 Å². The van der Waals surface area contributed by atoms with Gasteiger partial charge in [-0.25, -0.2) is 13.1 Å². The molecule has 1 fully saturated rings. The van der Waals surface area contributed by atoms with E-state index in [1.807, 2.05) is 32.0 Å². The molecule has 0 saturated heterocycles. The first-order valence-corrected chi connectivity index (χ1v) is 18.9. The summed E-state index contributed by atoms with van der Waals surface area (Å²) < 4.78 is 35.6. The van der Waals surface area contributed by atoms with Gasteiger partial charge in [0.2, 0.25) is 15.9 Å². The molecule has 2 amide bonds. The monoisotopic (exact) mass is 687 g/mol. The van der Waals surface area contributed by atoms with Crippen LogP contribution in [0.5, 0.6) is 5.75 Å². The number of amides is 2. The second-order valence-electron chi connectivity index (χ2n) is 14.2. The Hall–Kier alpha value is -2.82. The SMILES string of the molecule is C[C@@H]1[C@@H](C)CCC[C@@](O)([C@@H](C)C(=O)N(C)C)[C@@H]2CC[C@H]2CN2CCCCc3cc(Cl)ccc3COc3ccc(cc32)C(=O)NS1(=O)=O. The summed E-state index contributed by atoms with van der Waals surface area (Å²) >= 11 is 6.34. The fourth-order valence-corrected chi connectivity index (χ4v) is 9.17. The van der Waals surface area contributed by atoms with E-state index in [0.717, 1.165) is 43.2 Å². The Balaban J connectivity index is 1.58. The largest absolute Gasteiger partial charge is 0.487 e. The van der Waals surface area contributed by atoms with Gasteiger partial charge in [0.1, 0.15) is 12.4 Å². The molecule has 6 atom stereocenters. The first-order valence-electron chi connectivity index (χ1n) is 17.0. The standard InChI is InChI=1S/C36H50ClN3O6S/c1-23-9-8-17-36(43,24(2)35(42)39(4)5)31-15-12-28(31)21-40-18-7-6-10-26-19-30(37)14-11-29(26)22-46-33-16-13-27(20-32(33)40)34(41)38-47(44,45)25(23)3/h11,13-14,16,19-20,23-25,28,31,43H,6-10,12,15,17-18,21-22H2,1-5H3,(H,38,41)/t23-,24-,25+,28-,31+,36+/m0/s1. The van der Waals surface area contributed by atoms with Crippen LogP contribution in [-0.4, -0.2) is 68.3 Å². The van der Waals surface area contributed by atoms with Crippen LogP contribution in [0.25, 0.3) is 0 Å². The van der Waals surface area contributed by atoms with Crippen molar-refractivity contribution >= 4 is 39.1 Å². The Bertz CT molecular complexity index is 1580. The molecule has 2 N–H and O–H groups in total. The number of sulfonamides is 1. The van der Waals surface area contributed by atoms with Gasteiger partial charge in [0.15, 0.2) is 0 Å². The first kappa shape index (κ1) is 35.5. The van der Waals surface area contributed by atoms with Gasteiger partial charge in [-0.2, -0.15) is 0 Å². The number of aryl methyl sites for hydroxylation is 1. The van der Waals surface area contributed by atoms with E-state index in [4.69, 9.17) is 16.3 Å². The Morgan fingerprint density at radius 1 is 1.09 bits per heavy atom. The lowest BCUT2D eigenvalue weighted by Gasteiger charge is -2.51. The zero-order valence-corrected chi connectivity index (χ0v) is 29.9. The van der Waals surface area contributed by atoms with E-state index < -0.39 is 32.7 Å². The molecule has 2 aliphatic heterocycles. The van der Waals surface area contributed by atoms with E-state index >= 15 is 0 Å². The fraction of sp³-hybridized carbons (Fsp3) is 0.611. The zero-order valence-electron chi connectivity index (χ0n) is 28.3. The maximum atomic E-state index is 13.5. The van der Waals surface area contributed by atoms with Crippen LogP contribution in [0, 0.1) is 23.7 Å². The number of benzene rings is 2. The predicted octanol–water partition coefficient (Wildman–Crippen LogP) is 5.81. The van der Waals surface area contributed by atoms with Crippen molar-refractivity contribution in [3.63, 3.8) is 0 Å². The van der Waals surface area contributed by atoms with Crippen molar-refractivity contribution in [2.75, 3.05) is 32.1 Å². The number of ether oxygens (including phenoxy) is 1. The highest BCUT2D eigenvalue weighted by molar-refractivity contribution is 7.90. The van der Waals surface area contributed by atoms with Crippen molar-refractivity contribution in [3.05, 3.63) is 58.1 Å². The molecule has 9 nitrogen and oxygen atoms in total. The number of anilines is 1. The highest BCUT2D eigenvalue weighted by Gasteiger charge is 2.52. The van der Waals surface area contributed by atoms with E-state index in [0.29, 0.717) is 55.4 Å². The predicted molar refractivity (Wildman–Crippen MR) is 185 cm³/mol. The van der Waals surface area contributed by atoms with Crippen molar-refractivity contribution in [1.82, 2.24) is 9.62 Å². The lowest BCUT2D eigenvalue weighted by Crippen LogP contribution is -2.57. The third-order valence-corrected chi connectivity index (χ3v) is 13.2. The molecule has 0 radical (unpaired) electrons. The molecule has 0 unspecified atom stereocenters. The molecule has 5 rings (SSSR count). The van der Waals surface area contributed by atoms with Crippen LogP contribution in [0.15, 0.2) is 36.4 Å². The molecule has 47 heavy (non-hydrogen) atoms. The molecule has 258 valence electrons. The zero-order chi connectivity index (χ0) is 34.1. The van der Waals surface area contributed by atoms with E-state index in [2.05, 4.69) is 9.62 Å². The number of fused-ring (bicyclic) bond motifs is 3. The highest BCUT2D eigenvalue weighted by Crippen LogP contribution is 2.49. The average molecular weight is 688 g/mol. The lowest BCUT2D eigenvalue weighted by molar-refractivity contribution is -0.159. The Labute approximate surface area is 285 Å². The van der Waals surface area contributed by atoms with Crippen LogP contribution >= 0.6 is 11.6 Å². The number of nitrogens with zero attached hydrogens (tertiary/aromatic N) is 2. The minimum Gasteiger partial charge on any atom is -0.487 e. The van der Waals surface area contributed by atoms with Gasteiger partial charge in [-0.15, -0.1) is 0 Å². The summed E-state index contributed by atoms with van der Waals surface area (Å²) in [5.74, 6) is -1.06. The quantitative estimate of drug-likeness (QED) is 0.409. The minimum absolute atomic E-state index is 0.105. The summed E-state index contributed by atoms with van der Waals surface area (Å²) in [5.41, 5.74) is 1.90. The number of halogens is 1. The van der Waals surface area contributed by atoms with Gasteiger partial charge in [-0.05, 0) is 111 Å². The van der Waals surface area contributed by atoms with Crippen LogP contribution in [0.4, 0.5) is 5.69 Å². The summed E-state index contributed by atoms with van der Waals surface area (Å²) in [6.45, 7) is 6.91. The molecular weight excluding hydrogens is 638 g/mol. The summed E-state index contributed by atoms with van der Waals surface area (Å²) in [6, 6.07) is 10.9. The molecule has 3 aliphatic rings. The van der Waals surface area contributed by atoms with Crippen LogP contribution in [-0.2, 0) is 27.8 Å². The molecular formula is C36H50ClN3O6S. The average Bonchev–Trinajstić information content (AvgIpc) is 3.04. The van der Waals surface area contributed by atoms with E-state index in [1.165, 1.54) is 0 Å². The summed E-state index contributed by atoms with van der Waals surface area (Å²) in [6.07, 6.45) is 5.84. The van der Waals surface area contributed by atoms with Gasteiger partial charge in [0.25, 0.3) is 5.91 Å². The fourth-order valence-electron chi connectivity index (χ4n) is 7.66. The number of rotatable bonds is 2. The van der Waals surface area contributed by atoms with Crippen LogP contribution in [0.1, 0.15) is 87.2 Å². The Kier molecular flexibility index (Phi) is 10.8. The minimum atomic E-state index is -3.99. The Morgan fingerprint density at radius 2 is 1.85 bits per heavy atom. The lowest BCUT2D eigenvalue weighted by atomic mass is 9.59. The van der Waals surface area contributed by atoms with Gasteiger partial charge >= 0.3 is 0 Å². The third-order valence-electron chi connectivity index (χ3n) is 11.1. The molecule has 2 aromatic rings. The van der Waals surface area contributed by atoms with E-state index in [1.54, 1.807) is 44.1 Å². The number of carbonyl (C=O) groups excluding carboxylic acids is 2. The molecule has 1 aliphatic carbocycles. The molecule has 0 aromatic heterocycles. The van der Waals surface area contributed by atoms with Crippen molar-refractivity contribution in [2.24, 2.45) is 23.7 Å². The molecule has 2 aromatic carbocycles. The van der Waals surface area contributed by atoms with Crippen LogP contribution < -0.4 is 14.4 Å². The molecule has 11 heteroatoms. The number of carbonyl (C=O) groups is 2. The van der Waals surface area contributed by atoms with Crippen molar-refractivity contribution in [1.29, 1.82) is 0 Å². The molecule has 2 heterocycles. The number of hydrogen-bond acceptors (Lipinski definition) is 7. The van der Waals surface area contributed by atoms with Crippen LogP contribution in [0.2, 0.25) is 5.02 Å². The van der Waals surface area contributed by atoms with Crippen molar-refractivity contribution < 1.29 is 27.9 Å². The third kappa shape index (κ3) is 7.60. The van der Waals surface area contributed by atoms with E-state index in [-0.39, 0.29) is 29.2 Å². The summed E-state index contributed by atoms with van der Waals surface area (Å²) in [5, 5.41) is 12.3. The van der Waals surface area contributed by atoms with Gasteiger partial charge in [0, 0.05) is 37.8 Å². The molecule has 0 spiro atoms. The highest BCUT2D eigenvalue weighted by atomic mass is 35.5. The topological polar surface area (TPSA) is 116 Å². The Morgan fingerprint density at radius 3 is 2.55 bits per heavy atom. The second kappa shape index (κ2) is 14.3. The van der Waals surface area contributed by atoms with Gasteiger partial charge in [-0.3, -0.25) is 9.59 Å². The maximum absolute atomic E-state index is 13.5. The van der Waals surface area contributed by atoms with E-state index in [9.17, 15) is 23.1 Å². The van der Waals surface area contributed by atoms with Crippen molar-refractivity contribution in [2.45, 2.75) is 89.6 Å². The first-order chi connectivity index (χ1) is 22.2. The maximum Gasteiger partial charge on any atom is 0.264 e.